The van der Waals surface area contributed by atoms with Crippen LogP contribution >= 0.6 is 0 Å². The Labute approximate surface area is 175 Å². The van der Waals surface area contributed by atoms with E-state index in [2.05, 4.69) is 10.3 Å². The minimum atomic E-state index is -4.54. The van der Waals surface area contributed by atoms with Gasteiger partial charge in [0.2, 0.25) is 0 Å². The maximum atomic E-state index is 13.3. The number of nitrogens with one attached hydrogen (secondary N) is 1. The lowest BCUT2D eigenvalue weighted by atomic mass is 10.1. The first-order valence-corrected chi connectivity index (χ1v) is 9.36. The number of fused-ring (bicyclic) bond motifs is 1. The third-order valence-electron chi connectivity index (χ3n) is 4.80. The number of amidine groups is 1. The first kappa shape index (κ1) is 20.5. The van der Waals surface area contributed by atoms with E-state index in [4.69, 9.17) is 4.74 Å². The number of hydrogen-bond acceptors (Lipinski definition) is 4. The van der Waals surface area contributed by atoms with Crippen LogP contribution in [0.1, 0.15) is 11.1 Å². The Morgan fingerprint density at radius 1 is 1.06 bits per heavy atom. The van der Waals surface area contributed by atoms with Gasteiger partial charge in [0.25, 0.3) is 5.91 Å². The van der Waals surface area contributed by atoms with Gasteiger partial charge in [-0.3, -0.25) is 9.69 Å². The fraction of sp³-hybridized carbons (Fsp3) is 0.190. The standard InChI is InChI=1S/C21H17F3N4O3/c22-21(23,24)16-9-5-4-6-14(16)12-27-10-11-28-17(13-31-20(28)26-19(27)30)18(29)25-15-7-2-1-3-8-15/h1-9,13H,10-12H2,(H,25,29). The molecule has 0 spiro atoms. The highest BCUT2D eigenvalue weighted by Crippen LogP contribution is 2.32. The summed E-state index contributed by atoms with van der Waals surface area (Å²) < 4.78 is 45.1. The van der Waals surface area contributed by atoms with Gasteiger partial charge in [-0.05, 0) is 23.8 Å². The molecule has 2 aromatic rings. The molecule has 0 radical (unpaired) electrons. The number of rotatable bonds is 4. The lowest BCUT2D eigenvalue weighted by Crippen LogP contribution is -2.36. The average Bonchev–Trinajstić information content (AvgIpc) is 3.07. The number of carbonyl (C=O) groups excluding carboxylic acids is 2. The number of anilines is 1. The monoisotopic (exact) mass is 430 g/mol. The second-order valence-electron chi connectivity index (χ2n) is 6.85. The highest BCUT2D eigenvalue weighted by molar-refractivity contribution is 6.07. The zero-order chi connectivity index (χ0) is 22.0. The molecule has 0 fully saturated rings. The van der Waals surface area contributed by atoms with Gasteiger partial charge in [-0.15, -0.1) is 4.99 Å². The number of ether oxygens (including phenoxy) is 1. The number of para-hydroxylation sites is 1. The third kappa shape index (κ3) is 4.37. The van der Waals surface area contributed by atoms with Crippen molar-refractivity contribution in [2.75, 3.05) is 18.4 Å². The Bertz CT molecular complexity index is 1070. The summed E-state index contributed by atoms with van der Waals surface area (Å²) >= 11 is 0. The summed E-state index contributed by atoms with van der Waals surface area (Å²) in [5, 5.41) is 2.72. The van der Waals surface area contributed by atoms with Crippen LogP contribution in [0.4, 0.5) is 23.7 Å². The van der Waals surface area contributed by atoms with Crippen molar-refractivity contribution >= 4 is 23.6 Å². The number of nitrogens with zero attached hydrogens (tertiary/aromatic N) is 3. The normalized spacial score (nSPS) is 16.2. The predicted molar refractivity (Wildman–Crippen MR) is 106 cm³/mol. The molecule has 0 bridgehead atoms. The minimum Gasteiger partial charge on any atom is -0.431 e. The number of amides is 3. The molecule has 2 aliphatic heterocycles. The Hall–Kier alpha value is -3.82. The van der Waals surface area contributed by atoms with Crippen molar-refractivity contribution in [1.82, 2.24) is 9.80 Å². The molecule has 1 N–H and O–H groups in total. The summed E-state index contributed by atoms with van der Waals surface area (Å²) in [4.78, 5) is 31.6. The van der Waals surface area contributed by atoms with Gasteiger partial charge in [-0.2, -0.15) is 13.2 Å². The fourth-order valence-electron chi connectivity index (χ4n) is 3.29. The van der Waals surface area contributed by atoms with Gasteiger partial charge in [0.05, 0.1) is 5.56 Å². The summed E-state index contributed by atoms with van der Waals surface area (Å²) in [6.07, 6.45) is -3.34. The van der Waals surface area contributed by atoms with Gasteiger partial charge in [-0.1, -0.05) is 36.4 Å². The minimum absolute atomic E-state index is 0.0379. The van der Waals surface area contributed by atoms with E-state index in [0.717, 1.165) is 6.07 Å². The van der Waals surface area contributed by atoms with Crippen LogP contribution in [-0.2, 0) is 22.3 Å². The van der Waals surface area contributed by atoms with Gasteiger partial charge in [0.1, 0.15) is 12.0 Å². The highest BCUT2D eigenvalue weighted by atomic mass is 19.4. The van der Waals surface area contributed by atoms with Crippen LogP contribution in [0.3, 0.4) is 0 Å². The van der Waals surface area contributed by atoms with Crippen molar-refractivity contribution < 1.29 is 27.5 Å². The van der Waals surface area contributed by atoms with Gasteiger partial charge in [-0.25, -0.2) is 4.79 Å². The maximum Gasteiger partial charge on any atom is 0.416 e. The summed E-state index contributed by atoms with van der Waals surface area (Å²) in [7, 11) is 0. The Kier molecular flexibility index (Phi) is 5.37. The second kappa shape index (κ2) is 8.13. The van der Waals surface area contributed by atoms with Crippen LogP contribution < -0.4 is 5.32 Å². The maximum absolute atomic E-state index is 13.3. The summed E-state index contributed by atoms with van der Waals surface area (Å²) in [6, 6.07) is 13.0. The van der Waals surface area contributed by atoms with Gasteiger partial charge < -0.3 is 15.0 Å². The highest BCUT2D eigenvalue weighted by Gasteiger charge is 2.36. The molecule has 0 saturated heterocycles. The molecule has 2 aliphatic rings. The van der Waals surface area contributed by atoms with E-state index in [-0.39, 0.29) is 36.9 Å². The number of hydrogen-bond donors (Lipinski definition) is 1. The smallest absolute Gasteiger partial charge is 0.416 e. The number of halogens is 3. The van der Waals surface area contributed by atoms with Crippen molar-refractivity contribution in [2.24, 2.45) is 4.99 Å². The van der Waals surface area contributed by atoms with E-state index in [9.17, 15) is 22.8 Å². The van der Waals surface area contributed by atoms with E-state index in [1.807, 2.05) is 6.07 Å². The quantitative estimate of drug-likeness (QED) is 0.801. The van der Waals surface area contributed by atoms with Gasteiger partial charge in [0.15, 0.2) is 0 Å². The topological polar surface area (TPSA) is 74.2 Å². The summed E-state index contributed by atoms with van der Waals surface area (Å²) in [5.74, 6) is -0.459. The van der Waals surface area contributed by atoms with E-state index >= 15 is 0 Å². The fourth-order valence-corrected chi connectivity index (χ4v) is 3.29. The van der Waals surface area contributed by atoms with Crippen LogP contribution in [0.15, 0.2) is 71.5 Å². The first-order chi connectivity index (χ1) is 14.8. The molecule has 4 rings (SSSR count). The zero-order valence-corrected chi connectivity index (χ0v) is 16.1. The SMILES string of the molecule is O=C(Nc1ccccc1)C1=COC2=NC(=O)N(Cc3ccccc3C(F)(F)F)CCN12. The average molecular weight is 430 g/mol. The number of carbonyl (C=O) groups is 2. The Morgan fingerprint density at radius 3 is 2.52 bits per heavy atom. The number of aliphatic imine (C=N–C) groups is 1. The number of alkyl halides is 3. The third-order valence-corrected chi connectivity index (χ3v) is 4.80. The molecule has 0 aliphatic carbocycles. The lowest BCUT2D eigenvalue weighted by molar-refractivity contribution is -0.138. The molecule has 160 valence electrons. The Morgan fingerprint density at radius 2 is 1.77 bits per heavy atom. The molecule has 0 atom stereocenters. The molecule has 7 nitrogen and oxygen atoms in total. The molecule has 31 heavy (non-hydrogen) atoms. The van der Waals surface area contributed by atoms with Crippen molar-refractivity contribution in [3.8, 4) is 0 Å². The van der Waals surface area contributed by atoms with Crippen molar-refractivity contribution in [3.63, 3.8) is 0 Å². The molecule has 0 saturated carbocycles. The lowest BCUT2D eigenvalue weighted by Gasteiger charge is -2.22. The molecule has 3 amide bonds. The predicted octanol–water partition coefficient (Wildman–Crippen LogP) is 3.81. The molecule has 2 heterocycles. The Balaban J connectivity index is 1.49. The van der Waals surface area contributed by atoms with Crippen LogP contribution in [0.25, 0.3) is 0 Å². The molecule has 0 aromatic heterocycles. The molecule has 0 unspecified atom stereocenters. The summed E-state index contributed by atoms with van der Waals surface area (Å²) in [5.41, 5.74) is -0.119. The van der Waals surface area contributed by atoms with E-state index in [1.54, 1.807) is 24.3 Å². The second-order valence-corrected chi connectivity index (χ2v) is 6.85. The van der Waals surface area contributed by atoms with Gasteiger partial charge in [0, 0.05) is 25.3 Å². The zero-order valence-electron chi connectivity index (χ0n) is 16.1. The molecular weight excluding hydrogens is 413 g/mol. The summed E-state index contributed by atoms with van der Waals surface area (Å²) in [6.45, 7) is -0.0848. The van der Waals surface area contributed by atoms with Crippen LogP contribution in [0.2, 0.25) is 0 Å². The molecule has 2 aromatic carbocycles. The van der Waals surface area contributed by atoms with Crippen LogP contribution in [0.5, 0.6) is 0 Å². The molecular formula is C21H17F3N4O3. The largest absolute Gasteiger partial charge is 0.431 e. The number of benzene rings is 2. The van der Waals surface area contributed by atoms with Crippen LogP contribution in [0, 0.1) is 0 Å². The van der Waals surface area contributed by atoms with Crippen LogP contribution in [-0.4, -0.2) is 40.8 Å². The first-order valence-electron chi connectivity index (χ1n) is 9.36. The number of urea groups is 1. The van der Waals surface area contributed by atoms with Crippen molar-refractivity contribution in [3.05, 3.63) is 77.7 Å². The van der Waals surface area contributed by atoms with Gasteiger partial charge >= 0.3 is 18.2 Å². The van der Waals surface area contributed by atoms with E-state index in [0.29, 0.717) is 5.69 Å². The van der Waals surface area contributed by atoms with Crippen molar-refractivity contribution in [2.45, 2.75) is 12.7 Å². The van der Waals surface area contributed by atoms with E-state index < -0.39 is 23.7 Å². The van der Waals surface area contributed by atoms with E-state index in [1.165, 1.54) is 34.3 Å². The molecule has 10 heteroatoms. The van der Waals surface area contributed by atoms with Crippen molar-refractivity contribution in [1.29, 1.82) is 0 Å².